The van der Waals surface area contributed by atoms with Gasteiger partial charge in [0.05, 0.1) is 22.9 Å². The van der Waals surface area contributed by atoms with Crippen molar-refractivity contribution in [3.05, 3.63) is 12.1 Å². The van der Waals surface area contributed by atoms with Crippen LogP contribution in [0, 0.1) is 0 Å². The van der Waals surface area contributed by atoms with Gasteiger partial charge in [-0.2, -0.15) is 0 Å². The predicted molar refractivity (Wildman–Crippen MR) is 94.0 cm³/mol. The molecule has 1 aliphatic carbocycles. The van der Waals surface area contributed by atoms with E-state index in [9.17, 15) is 0 Å². The van der Waals surface area contributed by atoms with Crippen LogP contribution in [0.15, 0.2) is 12.1 Å². The molecular formula is C18H28BNO4. The van der Waals surface area contributed by atoms with Crippen LogP contribution in [0.2, 0.25) is 0 Å². The molecule has 5 nitrogen and oxygen atoms in total. The fourth-order valence-electron chi connectivity index (χ4n) is 2.36. The topological polar surface area (TPSA) is 49.8 Å². The van der Waals surface area contributed by atoms with E-state index < -0.39 is 18.3 Å². The van der Waals surface area contributed by atoms with Gasteiger partial charge in [-0.25, -0.2) is 4.98 Å². The molecule has 1 aromatic heterocycles. The summed E-state index contributed by atoms with van der Waals surface area (Å²) in [6.45, 7) is 14.1. The highest BCUT2D eigenvalue weighted by Gasteiger charge is 2.52. The molecule has 3 rings (SSSR count). The first-order chi connectivity index (χ1) is 11.0. The van der Waals surface area contributed by atoms with Crippen molar-refractivity contribution in [2.24, 2.45) is 0 Å². The molecule has 0 atom stereocenters. The second kappa shape index (κ2) is 5.63. The summed E-state index contributed by atoms with van der Waals surface area (Å²) in [5.41, 5.74) is -0.444. The van der Waals surface area contributed by atoms with Crippen molar-refractivity contribution in [2.45, 2.75) is 84.2 Å². The Hall–Kier alpha value is -1.27. The maximum absolute atomic E-state index is 6.09. The van der Waals surface area contributed by atoms with E-state index in [-0.39, 0.29) is 11.7 Å². The summed E-state index contributed by atoms with van der Waals surface area (Å²) >= 11 is 0. The quantitative estimate of drug-likeness (QED) is 0.793. The summed E-state index contributed by atoms with van der Waals surface area (Å²) in [6, 6.07) is 3.81. The number of ether oxygens (including phenoxy) is 2. The van der Waals surface area contributed by atoms with Crippen LogP contribution < -0.4 is 15.1 Å². The SMILES string of the molecule is CC(C)(C)Oc1nc(B2OC(C)(C)C(C)(C)O2)ccc1OC1CC1. The lowest BCUT2D eigenvalue weighted by Gasteiger charge is -2.32. The van der Waals surface area contributed by atoms with Crippen LogP contribution >= 0.6 is 0 Å². The number of nitrogens with zero attached hydrogens (tertiary/aromatic N) is 1. The predicted octanol–water partition coefficient (Wildman–Crippen LogP) is 3.10. The molecular weight excluding hydrogens is 305 g/mol. The van der Waals surface area contributed by atoms with E-state index in [1.807, 2.05) is 60.6 Å². The monoisotopic (exact) mass is 333 g/mol. The third-order valence-electron chi connectivity index (χ3n) is 4.56. The summed E-state index contributed by atoms with van der Waals surface area (Å²) < 4.78 is 24.1. The Morgan fingerprint density at radius 3 is 2.17 bits per heavy atom. The standard InChI is InChI=1S/C18H28BNO4/c1-16(2,3)22-15-13(21-12-8-9-12)10-11-14(20-15)19-23-17(4,5)18(6,7)24-19/h10-12H,8-9H2,1-7H3. The van der Waals surface area contributed by atoms with Gasteiger partial charge in [0.1, 0.15) is 5.60 Å². The van der Waals surface area contributed by atoms with Crippen molar-refractivity contribution in [3.8, 4) is 11.6 Å². The lowest BCUT2D eigenvalue weighted by molar-refractivity contribution is 0.00578. The molecule has 2 fully saturated rings. The number of pyridine rings is 1. The molecule has 1 aromatic rings. The molecule has 24 heavy (non-hydrogen) atoms. The molecule has 132 valence electrons. The molecule has 0 amide bonds. The molecule has 1 saturated carbocycles. The van der Waals surface area contributed by atoms with E-state index in [0.717, 1.165) is 12.8 Å². The van der Waals surface area contributed by atoms with Crippen LogP contribution in [0.3, 0.4) is 0 Å². The first-order valence-corrected chi connectivity index (χ1v) is 8.69. The summed E-state index contributed by atoms with van der Waals surface area (Å²) in [5.74, 6) is 1.19. The zero-order valence-electron chi connectivity index (χ0n) is 15.8. The third-order valence-corrected chi connectivity index (χ3v) is 4.56. The van der Waals surface area contributed by atoms with Crippen molar-refractivity contribution in [2.75, 3.05) is 0 Å². The summed E-state index contributed by atoms with van der Waals surface area (Å²) in [5, 5.41) is 0. The lowest BCUT2D eigenvalue weighted by Crippen LogP contribution is -2.41. The molecule has 2 aliphatic rings. The van der Waals surface area contributed by atoms with E-state index in [1.165, 1.54) is 0 Å². The maximum Gasteiger partial charge on any atom is 0.514 e. The van der Waals surface area contributed by atoms with Gasteiger partial charge in [-0.05, 0) is 73.4 Å². The number of rotatable bonds is 4. The Bertz CT molecular complexity index is 604. The fourth-order valence-corrected chi connectivity index (χ4v) is 2.36. The van der Waals surface area contributed by atoms with Gasteiger partial charge in [-0.3, -0.25) is 0 Å². The molecule has 0 N–H and O–H groups in total. The van der Waals surface area contributed by atoms with Gasteiger partial charge >= 0.3 is 7.12 Å². The normalized spacial score (nSPS) is 22.5. The largest absolute Gasteiger partial charge is 0.514 e. The minimum absolute atomic E-state index is 0.289. The summed E-state index contributed by atoms with van der Waals surface area (Å²) in [4.78, 5) is 4.65. The number of hydrogen-bond donors (Lipinski definition) is 0. The molecule has 1 saturated heterocycles. The molecule has 6 heteroatoms. The first-order valence-electron chi connectivity index (χ1n) is 8.69. The van der Waals surface area contributed by atoms with Crippen LogP contribution in [0.1, 0.15) is 61.3 Å². The van der Waals surface area contributed by atoms with Gasteiger partial charge in [-0.1, -0.05) is 0 Å². The Morgan fingerprint density at radius 1 is 1.08 bits per heavy atom. The van der Waals surface area contributed by atoms with Crippen LogP contribution in [-0.4, -0.2) is 35.0 Å². The highest BCUT2D eigenvalue weighted by atomic mass is 16.7. The molecule has 2 heterocycles. The van der Waals surface area contributed by atoms with Gasteiger partial charge in [0.25, 0.3) is 5.88 Å². The van der Waals surface area contributed by atoms with Crippen molar-refractivity contribution in [3.63, 3.8) is 0 Å². The van der Waals surface area contributed by atoms with Crippen LogP contribution in [0.25, 0.3) is 0 Å². The summed E-state index contributed by atoms with van der Waals surface area (Å²) in [6.07, 6.45) is 2.47. The van der Waals surface area contributed by atoms with Gasteiger partial charge in [0.15, 0.2) is 5.75 Å². The minimum atomic E-state index is -0.507. The molecule has 0 aromatic carbocycles. The van der Waals surface area contributed by atoms with E-state index in [0.29, 0.717) is 17.2 Å². The van der Waals surface area contributed by atoms with Crippen molar-refractivity contribution in [1.82, 2.24) is 4.98 Å². The zero-order valence-corrected chi connectivity index (χ0v) is 15.8. The fraction of sp³-hybridized carbons (Fsp3) is 0.722. The Labute approximate surface area is 145 Å². The van der Waals surface area contributed by atoms with Gasteiger partial charge in [0, 0.05) is 0 Å². The second-order valence-corrected chi connectivity index (χ2v) is 8.66. The molecule has 0 spiro atoms. The van der Waals surface area contributed by atoms with E-state index in [2.05, 4.69) is 4.98 Å². The minimum Gasteiger partial charge on any atom is -0.485 e. The molecule has 0 bridgehead atoms. The van der Waals surface area contributed by atoms with Crippen LogP contribution in [0.5, 0.6) is 11.6 Å². The van der Waals surface area contributed by atoms with E-state index >= 15 is 0 Å². The Morgan fingerprint density at radius 2 is 1.67 bits per heavy atom. The van der Waals surface area contributed by atoms with Crippen LogP contribution in [-0.2, 0) is 9.31 Å². The number of hydrogen-bond acceptors (Lipinski definition) is 5. The average molecular weight is 333 g/mol. The van der Waals surface area contributed by atoms with Crippen molar-refractivity contribution >= 4 is 12.7 Å². The smallest absolute Gasteiger partial charge is 0.485 e. The van der Waals surface area contributed by atoms with Gasteiger partial charge < -0.3 is 18.8 Å². The maximum atomic E-state index is 6.09. The Kier molecular flexibility index (Phi) is 4.12. The molecule has 0 radical (unpaired) electrons. The lowest BCUT2D eigenvalue weighted by atomic mass is 9.84. The first kappa shape index (κ1) is 17.6. The van der Waals surface area contributed by atoms with Crippen LogP contribution in [0.4, 0.5) is 0 Å². The summed E-state index contributed by atoms with van der Waals surface area (Å²) in [7, 11) is -0.507. The van der Waals surface area contributed by atoms with Gasteiger partial charge in [-0.15, -0.1) is 0 Å². The Balaban J connectivity index is 1.88. The highest BCUT2D eigenvalue weighted by molar-refractivity contribution is 6.61. The highest BCUT2D eigenvalue weighted by Crippen LogP contribution is 2.37. The zero-order chi connectivity index (χ0) is 17.8. The average Bonchev–Trinajstić information content (AvgIpc) is 3.17. The third kappa shape index (κ3) is 3.70. The van der Waals surface area contributed by atoms with Crippen molar-refractivity contribution in [1.29, 1.82) is 0 Å². The second-order valence-electron chi connectivity index (χ2n) is 8.66. The van der Waals surface area contributed by atoms with Crippen molar-refractivity contribution < 1.29 is 18.8 Å². The van der Waals surface area contributed by atoms with E-state index in [1.54, 1.807) is 0 Å². The van der Waals surface area contributed by atoms with Gasteiger partial charge in [0.2, 0.25) is 0 Å². The molecule has 0 unspecified atom stereocenters. The number of aromatic nitrogens is 1. The molecule has 1 aliphatic heterocycles. The van der Waals surface area contributed by atoms with E-state index in [4.69, 9.17) is 18.8 Å².